The summed E-state index contributed by atoms with van der Waals surface area (Å²) < 4.78 is 0. The highest BCUT2D eigenvalue weighted by Gasteiger charge is 2.61. The molecule has 31 heavy (non-hydrogen) atoms. The van der Waals surface area contributed by atoms with E-state index in [0.717, 1.165) is 43.3 Å². The number of hydrogen-bond donors (Lipinski definition) is 4. The van der Waals surface area contributed by atoms with Gasteiger partial charge in [-0.25, -0.2) is 0 Å². The molecule has 0 unspecified atom stereocenters. The topological polar surface area (TPSA) is 80.9 Å². The molecule has 0 aromatic rings. The van der Waals surface area contributed by atoms with Crippen LogP contribution in [0.2, 0.25) is 0 Å². The summed E-state index contributed by atoms with van der Waals surface area (Å²) in [5, 5.41) is 42.3. The van der Waals surface area contributed by atoms with E-state index >= 15 is 0 Å². The first-order valence-electron chi connectivity index (χ1n) is 12.3. The number of rotatable bonds is 6. The maximum absolute atomic E-state index is 11.1. The van der Waals surface area contributed by atoms with Crippen molar-refractivity contribution in [2.45, 2.75) is 103 Å². The van der Waals surface area contributed by atoms with Gasteiger partial charge in [0.15, 0.2) is 11.6 Å². The number of allylic oxidation sites excluding steroid dienone is 4. The van der Waals surface area contributed by atoms with Gasteiger partial charge in [0.25, 0.3) is 0 Å². The van der Waals surface area contributed by atoms with E-state index < -0.39 is 11.6 Å². The minimum atomic E-state index is -1.65. The molecule has 3 rings (SSSR count). The highest BCUT2D eigenvalue weighted by molar-refractivity contribution is 5.37. The molecule has 4 N–H and O–H groups in total. The van der Waals surface area contributed by atoms with Crippen molar-refractivity contribution in [3.05, 3.63) is 35.5 Å². The summed E-state index contributed by atoms with van der Waals surface area (Å²) >= 11 is 0. The molecule has 0 aromatic heterocycles. The molecule has 0 aromatic carbocycles. The van der Waals surface area contributed by atoms with Crippen LogP contribution < -0.4 is 0 Å². The van der Waals surface area contributed by atoms with Crippen LogP contribution in [0.5, 0.6) is 0 Å². The number of aliphatic hydroxyl groups is 4. The van der Waals surface area contributed by atoms with Crippen LogP contribution >= 0.6 is 0 Å². The van der Waals surface area contributed by atoms with Gasteiger partial charge in [-0.1, -0.05) is 76.8 Å². The molecule has 0 amide bonds. The standard InChI is InChI=1S/C27H44O4/c1-18(2)8-6-9-20(4)24-25(5)14-7-10-21(23(25)17-27(24,30)31)11-12-22-16-26(28,29)15-13-19(22)3/h11-12,18,20,23-24,28-31H,3,6-10,13-17H2,1-2,4-5H3/b21-11+,22-12-/t20-,23+,24-,25-/m1/s1. The Labute approximate surface area is 188 Å². The lowest BCUT2D eigenvalue weighted by atomic mass is 9.60. The minimum absolute atomic E-state index is 0.120. The van der Waals surface area contributed by atoms with Crippen molar-refractivity contribution in [2.75, 3.05) is 0 Å². The third kappa shape index (κ3) is 5.35. The van der Waals surface area contributed by atoms with Crippen molar-refractivity contribution in [3.8, 4) is 0 Å². The fourth-order valence-electron chi connectivity index (χ4n) is 6.87. The Kier molecular flexibility index (Phi) is 7.27. The Morgan fingerprint density at radius 2 is 1.74 bits per heavy atom. The van der Waals surface area contributed by atoms with Crippen molar-refractivity contribution in [1.29, 1.82) is 0 Å². The second kappa shape index (κ2) is 9.13. The first-order valence-corrected chi connectivity index (χ1v) is 12.3. The van der Waals surface area contributed by atoms with Crippen molar-refractivity contribution in [3.63, 3.8) is 0 Å². The molecule has 0 saturated heterocycles. The van der Waals surface area contributed by atoms with Gasteiger partial charge in [0.1, 0.15) is 0 Å². The molecular formula is C27H44O4. The van der Waals surface area contributed by atoms with Crippen molar-refractivity contribution in [2.24, 2.45) is 29.1 Å². The van der Waals surface area contributed by atoms with E-state index in [1.165, 1.54) is 12.0 Å². The van der Waals surface area contributed by atoms with Gasteiger partial charge in [0.2, 0.25) is 0 Å². The summed E-state index contributed by atoms with van der Waals surface area (Å²) in [6.07, 6.45) is 12.0. The fourth-order valence-corrected chi connectivity index (χ4v) is 6.87. The largest absolute Gasteiger partial charge is 0.365 e. The zero-order chi connectivity index (χ0) is 23.0. The van der Waals surface area contributed by atoms with Crippen LogP contribution in [0.4, 0.5) is 0 Å². The fraction of sp³-hybridized carbons (Fsp3) is 0.778. The molecule has 0 heterocycles. The monoisotopic (exact) mass is 432 g/mol. The molecule has 3 saturated carbocycles. The van der Waals surface area contributed by atoms with Crippen LogP contribution in [-0.4, -0.2) is 32.0 Å². The first kappa shape index (κ1) is 24.7. The molecule has 176 valence electrons. The Hall–Kier alpha value is -0.940. The van der Waals surface area contributed by atoms with Gasteiger partial charge >= 0.3 is 0 Å². The third-order valence-corrected chi connectivity index (χ3v) is 8.40. The Morgan fingerprint density at radius 3 is 2.42 bits per heavy atom. The van der Waals surface area contributed by atoms with Gasteiger partial charge in [0.05, 0.1) is 0 Å². The van der Waals surface area contributed by atoms with Crippen LogP contribution in [0, 0.1) is 29.1 Å². The van der Waals surface area contributed by atoms with Crippen LogP contribution in [-0.2, 0) is 0 Å². The van der Waals surface area contributed by atoms with Gasteiger partial charge in [-0.05, 0) is 54.4 Å². The number of fused-ring (bicyclic) bond motifs is 1. The third-order valence-electron chi connectivity index (χ3n) is 8.40. The second-order valence-electron chi connectivity index (χ2n) is 11.5. The van der Waals surface area contributed by atoms with E-state index in [-0.39, 0.29) is 29.6 Å². The average molecular weight is 433 g/mol. The smallest absolute Gasteiger partial charge is 0.166 e. The summed E-state index contributed by atoms with van der Waals surface area (Å²) in [5.41, 5.74) is 3.01. The molecule has 0 aliphatic heterocycles. The summed E-state index contributed by atoms with van der Waals surface area (Å²) in [5.74, 6) is -2.31. The molecule has 3 aliphatic rings. The molecule has 0 spiro atoms. The zero-order valence-corrected chi connectivity index (χ0v) is 20.0. The second-order valence-corrected chi connectivity index (χ2v) is 11.5. The lowest BCUT2D eigenvalue weighted by molar-refractivity contribution is -0.210. The first-order chi connectivity index (χ1) is 14.4. The molecule has 4 atom stereocenters. The van der Waals surface area contributed by atoms with Crippen LogP contribution in [0.3, 0.4) is 0 Å². The summed E-state index contributed by atoms with van der Waals surface area (Å²) in [4.78, 5) is 0. The van der Waals surface area contributed by atoms with Crippen LogP contribution in [0.25, 0.3) is 0 Å². The lowest BCUT2D eigenvalue weighted by Gasteiger charge is -2.45. The minimum Gasteiger partial charge on any atom is -0.365 e. The maximum Gasteiger partial charge on any atom is 0.166 e. The van der Waals surface area contributed by atoms with Crippen molar-refractivity contribution < 1.29 is 20.4 Å². The number of hydrogen-bond acceptors (Lipinski definition) is 4. The lowest BCUT2D eigenvalue weighted by Crippen LogP contribution is -2.44. The predicted octanol–water partition coefficient (Wildman–Crippen LogP) is 5.23. The van der Waals surface area contributed by atoms with Crippen molar-refractivity contribution >= 4 is 0 Å². The Bertz CT molecular complexity index is 730. The maximum atomic E-state index is 11.1. The van der Waals surface area contributed by atoms with Crippen molar-refractivity contribution in [1.82, 2.24) is 0 Å². The summed E-state index contributed by atoms with van der Waals surface area (Å²) in [6, 6.07) is 0. The normalized spacial score (nSPS) is 36.2. The van der Waals surface area contributed by atoms with E-state index in [0.29, 0.717) is 25.2 Å². The van der Waals surface area contributed by atoms with Gasteiger partial charge in [0, 0.05) is 25.2 Å². The van der Waals surface area contributed by atoms with Gasteiger partial charge in [-0.15, -0.1) is 0 Å². The molecule has 3 fully saturated rings. The Morgan fingerprint density at radius 1 is 1.03 bits per heavy atom. The predicted molar refractivity (Wildman–Crippen MR) is 125 cm³/mol. The molecule has 3 aliphatic carbocycles. The highest BCUT2D eigenvalue weighted by atomic mass is 16.5. The van der Waals surface area contributed by atoms with E-state index in [4.69, 9.17) is 0 Å². The van der Waals surface area contributed by atoms with Crippen LogP contribution in [0.1, 0.15) is 91.9 Å². The molecule has 0 radical (unpaired) electrons. The average Bonchev–Trinajstić information content (AvgIpc) is 2.87. The molecule has 4 heteroatoms. The highest BCUT2D eigenvalue weighted by Crippen LogP contribution is 2.62. The van der Waals surface area contributed by atoms with Gasteiger partial charge in [-0.3, -0.25) is 0 Å². The van der Waals surface area contributed by atoms with Crippen LogP contribution in [0.15, 0.2) is 35.5 Å². The molecule has 0 bridgehead atoms. The van der Waals surface area contributed by atoms with E-state index in [1.54, 1.807) is 0 Å². The quantitative estimate of drug-likeness (QED) is 0.433. The van der Waals surface area contributed by atoms with Gasteiger partial charge < -0.3 is 20.4 Å². The summed E-state index contributed by atoms with van der Waals surface area (Å²) in [6.45, 7) is 13.1. The van der Waals surface area contributed by atoms with E-state index in [1.807, 2.05) is 6.08 Å². The van der Waals surface area contributed by atoms with E-state index in [9.17, 15) is 20.4 Å². The molecular weight excluding hydrogens is 388 g/mol. The Balaban J connectivity index is 1.82. The van der Waals surface area contributed by atoms with Gasteiger partial charge in [-0.2, -0.15) is 0 Å². The molecule has 4 nitrogen and oxygen atoms in total. The zero-order valence-electron chi connectivity index (χ0n) is 20.0. The SMILES string of the molecule is C=C1CCC(O)(O)C/C1=C/C=C1\CCC[C@]2(C)[C@H]1CC(O)(O)[C@@H]2[C@H](C)CCCC(C)C. The summed E-state index contributed by atoms with van der Waals surface area (Å²) in [7, 11) is 0. The van der Waals surface area contributed by atoms with E-state index in [2.05, 4.69) is 40.3 Å².